The monoisotopic (exact) mass is 172 g/mol. The standard InChI is InChI=1S/C11H12N2/c1-12-10-7-8-13(2)11-6-4-3-5-9(10)11/h3-8H,1-2H3. The Kier molecular flexibility index (Phi) is 1.89. The molecule has 0 N–H and O–H groups in total. The molecule has 0 aliphatic heterocycles. The van der Waals surface area contributed by atoms with Crippen LogP contribution in [0.1, 0.15) is 0 Å². The first-order valence-electron chi connectivity index (χ1n) is 4.30. The fourth-order valence-electron chi connectivity index (χ4n) is 1.55. The van der Waals surface area contributed by atoms with Gasteiger partial charge in [-0.05, 0) is 12.1 Å². The van der Waals surface area contributed by atoms with E-state index >= 15 is 0 Å². The van der Waals surface area contributed by atoms with Crippen molar-refractivity contribution in [3.05, 3.63) is 41.9 Å². The fourth-order valence-corrected chi connectivity index (χ4v) is 1.55. The van der Waals surface area contributed by atoms with Crippen LogP contribution >= 0.6 is 0 Å². The van der Waals surface area contributed by atoms with Crippen LogP contribution in [-0.4, -0.2) is 11.6 Å². The van der Waals surface area contributed by atoms with Gasteiger partial charge >= 0.3 is 0 Å². The number of benzene rings is 1. The highest BCUT2D eigenvalue weighted by Gasteiger charge is 1.95. The molecule has 0 unspecified atom stereocenters. The summed E-state index contributed by atoms with van der Waals surface area (Å²) in [7, 11) is 3.86. The molecule has 2 aromatic rings. The highest BCUT2D eigenvalue weighted by molar-refractivity contribution is 5.78. The number of aromatic nitrogens is 1. The summed E-state index contributed by atoms with van der Waals surface area (Å²) < 4.78 is 2.10. The summed E-state index contributed by atoms with van der Waals surface area (Å²) in [5, 5.41) is 2.25. The molecule has 0 saturated heterocycles. The maximum atomic E-state index is 4.23. The molecule has 1 aromatic carbocycles. The Morgan fingerprint density at radius 1 is 1.15 bits per heavy atom. The number of rotatable bonds is 0. The number of fused-ring (bicyclic) bond motifs is 1. The van der Waals surface area contributed by atoms with Crippen LogP contribution in [0, 0.1) is 0 Å². The molecule has 13 heavy (non-hydrogen) atoms. The zero-order valence-corrected chi connectivity index (χ0v) is 7.86. The van der Waals surface area contributed by atoms with Crippen LogP contribution in [0.5, 0.6) is 0 Å². The predicted molar refractivity (Wildman–Crippen MR) is 54.4 cm³/mol. The van der Waals surface area contributed by atoms with E-state index in [0.29, 0.717) is 0 Å². The Labute approximate surface area is 77.2 Å². The number of hydrogen-bond acceptors (Lipinski definition) is 1. The number of pyridine rings is 1. The summed E-state index contributed by atoms with van der Waals surface area (Å²) in [4.78, 5) is 4.23. The Balaban J connectivity index is 3.02. The van der Waals surface area contributed by atoms with Crippen LogP contribution in [0.4, 0.5) is 0 Å². The van der Waals surface area contributed by atoms with Crippen LogP contribution < -0.4 is 5.36 Å². The summed E-state index contributed by atoms with van der Waals surface area (Å²) in [6.45, 7) is 0. The molecule has 2 nitrogen and oxygen atoms in total. The Bertz CT molecular complexity index is 495. The van der Waals surface area contributed by atoms with Gasteiger partial charge in [0.1, 0.15) is 0 Å². The van der Waals surface area contributed by atoms with Gasteiger partial charge in [0.25, 0.3) is 0 Å². The van der Waals surface area contributed by atoms with Gasteiger partial charge in [-0.1, -0.05) is 18.2 Å². The average molecular weight is 172 g/mol. The van der Waals surface area contributed by atoms with Crippen molar-refractivity contribution < 1.29 is 0 Å². The summed E-state index contributed by atoms with van der Waals surface area (Å²) >= 11 is 0. The highest BCUT2D eigenvalue weighted by Crippen LogP contribution is 2.07. The maximum Gasteiger partial charge on any atom is 0.0678 e. The second kappa shape index (κ2) is 3.05. The largest absolute Gasteiger partial charge is 0.350 e. The van der Waals surface area contributed by atoms with E-state index in [2.05, 4.69) is 21.7 Å². The number of aryl methyl sites for hydroxylation is 1. The van der Waals surface area contributed by atoms with E-state index in [1.165, 1.54) is 10.9 Å². The molecule has 0 aliphatic carbocycles. The lowest BCUT2D eigenvalue weighted by atomic mass is 10.2. The predicted octanol–water partition coefficient (Wildman–Crippen LogP) is 1.71. The van der Waals surface area contributed by atoms with E-state index in [0.717, 1.165) is 5.36 Å². The van der Waals surface area contributed by atoms with E-state index in [9.17, 15) is 0 Å². The molecule has 0 amide bonds. The minimum absolute atomic E-state index is 1.05. The number of hydrogen-bond donors (Lipinski definition) is 0. The van der Waals surface area contributed by atoms with Crippen LogP contribution in [0.25, 0.3) is 10.9 Å². The van der Waals surface area contributed by atoms with Gasteiger partial charge in [0, 0.05) is 31.2 Å². The summed E-state index contributed by atoms with van der Waals surface area (Å²) in [6.07, 6.45) is 2.03. The smallest absolute Gasteiger partial charge is 0.0678 e. The first-order chi connectivity index (χ1) is 6.33. The molecule has 2 rings (SSSR count). The summed E-state index contributed by atoms with van der Waals surface area (Å²) in [5.74, 6) is 0. The first-order valence-corrected chi connectivity index (χ1v) is 4.30. The second-order valence-electron chi connectivity index (χ2n) is 3.05. The Morgan fingerprint density at radius 2 is 1.92 bits per heavy atom. The molecule has 0 atom stereocenters. The zero-order valence-electron chi connectivity index (χ0n) is 7.86. The molecule has 2 heteroatoms. The third-order valence-electron chi connectivity index (χ3n) is 2.26. The van der Waals surface area contributed by atoms with Gasteiger partial charge in [-0.3, -0.25) is 4.99 Å². The van der Waals surface area contributed by atoms with Gasteiger partial charge in [-0.25, -0.2) is 0 Å². The minimum atomic E-state index is 1.05. The van der Waals surface area contributed by atoms with Crippen LogP contribution in [0.15, 0.2) is 41.5 Å². The molecule has 1 heterocycles. The average Bonchev–Trinajstić information content (AvgIpc) is 2.19. The van der Waals surface area contributed by atoms with Crippen molar-refractivity contribution in [1.82, 2.24) is 4.57 Å². The summed E-state index contributed by atoms with van der Waals surface area (Å²) in [6, 6.07) is 10.3. The lowest BCUT2D eigenvalue weighted by Gasteiger charge is -2.04. The van der Waals surface area contributed by atoms with Crippen molar-refractivity contribution in [2.75, 3.05) is 7.05 Å². The van der Waals surface area contributed by atoms with Crippen molar-refractivity contribution in [2.45, 2.75) is 0 Å². The van der Waals surface area contributed by atoms with Crippen molar-refractivity contribution in [3.63, 3.8) is 0 Å². The van der Waals surface area contributed by atoms with Gasteiger partial charge in [-0.2, -0.15) is 0 Å². The normalized spacial score (nSPS) is 12.3. The van der Waals surface area contributed by atoms with E-state index < -0.39 is 0 Å². The topological polar surface area (TPSA) is 17.3 Å². The molecular weight excluding hydrogens is 160 g/mol. The molecule has 0 saturated carbocycles. The molecule has 66 valence electrons. The first kappa shape index (κ1) is 8.05. The SMILES string of the molecule is CN=c1ccn(C)c2ccccc12. The van der Waals surface area contributed by atoms with Crippen LogP contribution in [0.2, 0.25) is 0 Å². The number of nitrogens with zero attached hydrogens (tertiary/aromatic N) is 2. The van der Waals surface area contributed by atoms with Crippen molar-refractivity contribution in [2.24, 2.45) is 12.0 Å². The Morgan fingerprint density at radius 3 is 2.69 bits per heavy atom. The molecule has 0 fully saturated rings. The molecular formula is C11H12N2. The minimum Gasteiger partial charge on any atom is -0.350 e. The Hall–Kier alpha value is -1.57. The fraction of sp³-hybridized carbons (Fsp3) is 0.182. The number of para-hydroxylation sites is 1. The molecule has 0 spiro atoms. The third kappa shape index (κ3) is 1.24. The van der Waals surface area contributed by atoms with Gasteiger partial charge in [0.05, 0.1) is 5.36 Å². The van der Waals surface area contributed by atoms with E-state index in [-0.39, 0.29) is 0 Å². The quantitative estimate of drug-likeness (QED) is 0.575. The molecule has 0 aliphatic rings. The third-order valence-corrected chi connectivity index (χ3v) is 2.26. The maximum absolute atomic E-state index is 4.23. The van der Waals surface area contributed by atoms with Gasteiger partial charge in [0.2, 0.25) is 0 Å². The summed E-state index contributed by atoms with van der Waals surface area (Å²) in [5.41, 5.74) is 1.21. The van der Waals surface area contributed by atoms with Gasteiger partial charge in [-0.15, -0.1) is 0 Å². The van der Waals surface area contributed by atoms with Crippen molar-refractivity contribution in [3.8, 4) is 0 Å². The van der Waals surface area contributed by atoms with E-state index in [1.54, 1.807) is 0 Å². The van der Waals surface area contributed by atoms with Crippen LogP contribution in [0.3, 0.4) is 0 Å². The zero-order chi connectivity index (χ0) is 9.26. The van der Waals surface area contributed by atoms with Gasteiger partial charge in [0.15, 0.2) is 0 Å². The van der Waals surface area contributed by atoms with E-state index in [1.807, 2.05) is 38.5 Å². The van der Waals surface area contributed by atoms with Crippen LogP contribution in [-0.2, 0) is 7.05 Å². The molecule has 0 radical (unpaired) electrons. The van der Waals surface area contributed by atoms with Gasteiger partial charge < -0.3 is 4.57 Å². The van der Waals surface area contributed by atoms with E-state index in [4.69, 9.17) is 0 Å². The van der Waals surface area contributed by atoms with Crippen molar-refractivity contribution in [1.29, 1.82) is 0 Å². The molecule has 0 bridgehead atoms. The van der Waals surface area contributed by atoms with Crippen molar-refractivity contribution >= 4 is 10.9 Å². The lowest BCUT2D eigenvalue weighted by molar-refractivity contribution is 0.947. The highest BCUT2D eigenvalue weighted by atomic mass is 14.9. The second-order valence-corrected chi connectivity index (χ2v) is 3.05. The molecule has 1 aromatic heterocycles. The lowest BCUT2D eigenvalue weighted by Crippen LogP contribution is -2.06.